The van der Waals surface area contributed by atoms with E-state index in [0.29, 0.717) is 16.4 Å². The molecule has 0 aliphatic heterocycles. The van der Waals surface area contributed by atoms with Crippen molar-refractivity contribution in [3.05, 3.63) is 63.9 Å². The molecule has 34 heavy (non-hydrogen) atoms. The van der Waals surface area contributed by atoms with Crippen LogP contribution in [0.5, 0.6) is 0 Å². The van der Waals surface area contributed by atoms with Crippen molar-refractivity contribution in [2.45, 2.75) is 26.4 Å². The van der Waals surface area contributed by atoms with Crippen molar-refractivity contribution < 1.29 is 22.4 Å². The van der Waals surface area contributed by atoms with Crippen LogP contribution in [0.1, 0.15) is 19.4 Å². The topological polar surface area (TPSA) is 90.0 Å². The SMILES string of the molecule is CCNC(=O)[C@H](C)N(Cc1c(Cl)cccc1Cl)C(=O)CN(c1ccccc1F)S(=O)(=O)N(C)C. The Hall–Kier alpha value is -2.40. The van der Waals surface area contributed by atoms with Crippen molar-refractivity contribution in [2.24, 2.45) is 0 Å². The maximum Gasteiger partial charge on any atom is 0.304 e. The lowest BCUT2D eigenvalue weighted by atomic mass is 10.1. The highest BCUT2D eigenvalue weighted by Gasteiger charge is 2.34. The average molecular weight is 533 g/mol. The molecular weight excluding hydrogens is 506 g/mol. The predicted octanol–water partition coefficient (Wildman–Crippen LogP) is 3.30. The molecular formula is C22H27Cl2FN4O4S. The minimum Gasteiger partial charge on any atom is -0.355 e. The Morgan fingerprint density at radius 2 is 1.65 bits per heavy atom. The maximum atomic E-state index is 14.6. The molecule has 0 fully saturated rings. The summed E-state index contributed by atoms with van der Waals surface area (Å²) in [6, 6.07) is 9.03. The van der Waals surface area contributed by atoms with Crippen molar-refractivity contribution in [1.82, 2.24) is 14.5 Å². The van der Waals surface area contributed by atoms with E-state index in [1.54, 1.807) is 25.1 Å². The minimum absolute atomic E-state index is 0.164. The van der Waals surface area contributed by atoms with Gasteiger partial charge < -0.3 is 10.2 Å². The first-order valence-corrected chi connectivity index (χ1v) is 12.5. The summed E-state index contributed by atoms with van der Waals surface area (Å²) in [4.78, 5) is 27.3. The van der Waals surface area contributed by atoms with Crippen LogP contribution in [0, 0.1) is 5.82 Å². The fraction of sp³-hybridized carbons (Fsp3) is 0.364. The molecule has 0 spiro atoms. The number of nitrogens with zero attached hydrogens (tertiary/aromatic N) is 3. The third-order valence-corrected chi connectivity index (χ3v) is 7.56. The molecule has 0 aliphatic rings. The van der Waals surface area contributed by atoms with E-state index < -0.39 is 40.4 Å². The molecule has 8 nitrogen and oxygen atoms in total. The lowest BCUT2D eigenvalue weighted by Gasteiger charge is -2.33. The molecule has 186 valence electrons. The fourth-order valence-corrected chi connectivity index (χ4v) is 4.70. The lowest BCUT2D eigenvalue weighted by Crippen LogP contribution is -2.52. The second kappa shape index (κ2) is 11.8. The number of halogens is 3. The fourth-order valence-electron chi connectivity index (χ4n) is 3.11. The number of benzene rings is 2. The highest BCUT2D eigenvalue weighted by Crippen LogP contribution is 2.28. The van der Waals surface area contributed by atoms with Gasteiger partial charge in [-0.1, -0.05) is 41.4 Å². The number of hydrogen-bond acceptors (Lipinski definition) is 4. The molecule has 0 radical (unpaired) electrons. The van der Waals surface area contributed by atoms with Crippen molar-refractivity contribution in [3.8, 4) is 0 Å². The zero-order chi connectivity index (χ0) is 25.6. The zero-order valence-electron chi connectivity index (χ0n) is 19.3. The Morgan fingerprint density at radius 1 is 1.06 bits per heavy atom. The standard InChI is InChI=1S/C22H27Cl2FN4O4S/c1-5-26-22(31)15(2)28(13-16-17(23)9-8-10-18(16)24)21(30)14-29(34(32,33)27(3)4)20-12-7-6-11-19(20)25/h6-12,15H,5,13-14H2,1-4H3,(H,26,31)/t15-/m0/s1. The number of anilines is 1. The van der Waals surface area contributed by atoms with Crippen molar-refractivity contribution in [1.29, 1.82) is 0 Å². The molecule has 2 aromatic rings. The number of hydrogen-bond donors (Lipinski definition) is 1. The van der Waals surface area contributed by atoms with Crippen LogP contribution in [-0.4, -0.2) is 62.7 Å². The molecule has 2 rings (SSSR count). The van der Waals surface area contributed by atoms with E-state index in [1.165, 1.54) is 39.2 Å². The number of rotatable bonds is 10. The highest BCUT2D eigenvalue weighted by atomic mass is 35.5. The summed E-state index contributed by atoms with van der Waals surface area (Å²) in [5.41, 5.74) is 0.0918. The van der Waals surface area contributed by atoms with Gasteiger partial charge in [0.25, 0.3) is 0 Å². The summed E-state index contributed by atoms with van der Waals surface area (Å²) in [5, 5.41) is 3.20. The molecule has 0 saturated carbocycles. The summed E-state index contributed by atoms with van der Waals surface area (Å²) < 4.78 is 42.1. The van der Waals surface area contributed by atoms with Crippen molar-refractivity contribution in [2.75, 3.05) is 31.5 Å². The van der Waals surface area contributed by atoms with Crippen LogP contribution in [0.4, 0.5) is 10.1 Å². The van der Waals surface area contributed by atoms with Gasteiger partial charge in [0.1, 0.15) is 18.4 Å². The van der Waals surface area contributed by atoms with E-state index in [0.717, 1.165) is 15.3 Å². The van der Waals surface area contributed by atoms with Gasteiger partial charge in [-0.2, -0.15) is 12.7 Å². The molecule has 1 N–H and O–H groups in total. The number of nitrogens with one attached hydrogen (secondary N) is 1. The summed E-state index contributed by atoms with van der Waals surface area (Å²) in [7, 11) is -1.72. The second-order valence-corrected chi connectivity index (χ2v) is 10.4. The average Bonchev–Trinajstić information content (AvgIpc) is 2.77. The van der Waals surface area contributed by atoms with E-state index >= 15 is 0 Å². The number of likely N-dealkylation sites (N-methyl/N-ethyl adjacent to an activating group) is 1. The maximum absolute atomic E-state index is 14.6. The van der Waals surface area contributed by atoms with Crippen LogP contribution in [0.3, 0.4) is 0 Å². The van der Waals surface area contributed by atoms with Crippen LogP contribution >= 0.6 is 23.2 Å². The van der Waals surface area contributed by atoms with Gasteiger partial charge in [-0.25, -0.2) is 8.70 Å². The zero-order valence-corrected chi connectivity index (χ0v) is 21.6. The molecule has 0 heterocycles. The molecule has 0 unspecified atom stereocenters. The van der Waals surface area contributed by atoms with Crippen LogP contribution < -0.4 is 9.62 Å². The van der Waals surface area contributed by atoms with E-state index in [-0.39, 0.29) is 22.3 Å². The van der Waals surface area contributed by atoms with Gasteiger partial charge in [0.15, 0.2) is 0 Å². The molecule has 0 saturated heterocycles. The van der Waals surface area contributed by atoms with Gasteiger partial charge in [-0.05, 0) is 38.1 Å². The molecule has 0 aliphatic carbocycles. The Labute approximate surface area is 209 Å². The smallest absolute Gasteiger partial charge is 0.304 e. The first kappa shape index (κ1) is 27.8. The van der Waals surface area contributed by atoms with Gasteiger partial charge in [0.2, 0.25) is 11.8 Å². The summed E-state index contributed by atoms with van der Waals surface area (Å²) in [6.45, 7) is 2.64. The van der Waals surface area contributed by atoms with Crippen LogP contribution in [0.15, 0.2) is 42.5 Å². The first-order valence-electron chi connectivity index (χ1n) is 10.4. The number of amides is 2. The lowest BCUT2D eigenvalue weighted by molar-refractivity contribution is -0.139. The molecule has 2 amide bonds. The van der Waals surface area contributed by atoms with Crippen LogP contribution in [0.25, 0.3) is 0 Å². The highest BCUT2D eigenvalue weighted by molar-refractivity contribution is 7.90. The van der Waals surface area contributed by atoms with Crippen molar-refractivity contribution >= 4 is 50.9 Å². The Kier molecular flexibility index (Phi) is 9.69. The number of carbonyl (C=O) groups excluding carboxylic acids is 2. The largest absolute Gasteiger partial charge is 0.355 e. The summed E-state index contributed by atoms with van der Waals surface area (Å²) >= 11 is 12.5. The molecule has 1 atom stereocenters. The van der Waals surface area contributed by atoms with Crippen LogP contribution in [0.2, 0.25) is 10.0 Å². The monoisotopic (exact) mass is 532 g/mol. The van der Waals surface area contributed by atoms with Gasteiger partial charge in [-0.3, -0.25) is 9.59 Å². The van der Waals surface area contributed by atoms with Gasteiger partial charge in [-0.15, -0.1) is 0 Å². The number of carbonyl (C=O) groups is 2. The van der Waals surface area contributed by atoms with Crippen molar-refractivity contribution in [3.63, 3.8) is 0 Å². The Morgan fingerprint density at radius 3 is 2.18 bits per heavy atom. The molecule has 0 bridgehead atoms. The van der Waals surface area contributed by atoms with Gasteiger partial charge >= 0.3 is 10.2 Å². The van der Waals surface area contributed by atoms with E-state index in [9.17, 15) is 22.4 Å². The van der Waals surface area contributed by atoms with E-state index in [4.69, 9.17) is 23.2 Å². The third-order valence-electron chi connectivity index (χ3n) is 5.05. The normalized spacial score (nSPS) is 12.4. The third kappa shape index (κ3) is 6.38. The number of para-hydroxylation sites is 1. The predicted molar refractivity (Wildman–Crippen MR) is 132 cm³/mol. The van der Waals surface area contributed by atoms with Gasteiger partial charge in [0.05, 0.1) is 5.69 Å². The quantitative estimate of drug-likeness (QED) is 0.508. The molecule has 12 heteroatoms. The van der Waals surface area contributed by atoms with Gasteiger partial charge in [0, 0.05) is 42.8 Å². The molecule has 2 aromatic carbocycles. The second-order valence-electron chi connectivity index (χ2n) is 7.54. The Balaban J connectivity index is 2.53. The van der Waals surface area contributed by atoms with E-state index in [1.807, 2.05) is 0 Å². The van der Waals surface area contributed by atoms with E-state index in [2.05, 4.69) is 5.32 Å². The first-order chi connectivity index (χ1) is 15.9. The van der Waals surface area contributed by atoms with Crippen LogP contribution in [-0.2, 0) is 26.3 Å². The summed E-state index contributed by atoms with van der Waals surface area (Å²) in [5.74, 6) is -2.02. The Bertz CT molecular complexity index is 1130. The molecule has 0 aromatic heterocycles. The summed E-state index contributed by atoms with van der Waals surface area (Å²) in [6.07, 6.45) is 0. The minimum atomic E-state index is -4.26.